The van der Waals surface area contributed by atoms with Gasteiger partial charge in [-0.3, -0.25) is 9.98 Å². The fourth-order valence-corrected chi connectivity index (χ4v) is 7.27. The highest BCUT2D eigenvalue weighted by molar-refractivity contribution is 5.91. The summed E-state index contributed by atoms with van der Waals surface area (Å²) in [6.07, 6.45) is 7.65. The summed E-state index contributed by atoms with van der Waals surface area (Å²) in [6, 6.07) is 52.7. The molecule has 1 N–H and O–H groups in total. The molecule has 0 fully saturated rings. The second-order valence-electron chi connectivity index (χ2n) is 12.5. The molecule has 2 aliphatic carbocycles. The lowest BCUT2D eigenvalue weighted by atomic mass is 9.66. The smallest absolute Gasteiger partial charge is 0.165 e. The largest absolute Gasteiger partial charge is 0.478 e. The van der Waals surface area contributed by atoms with Crippen molar-refractivity contribution in [1.82, 2.24) is 4.98 Å². The minimum atomic E-state index is -0.453. The van der Waals surface area contributed by atoms with E-state index in [1.807, 2.05) is 67.7 Å². The first-order valence-electron chi connectivity index (χ1n) is 17.1. The Kier molecular flexibility index (Phi) is 9.80. The summed E-state index contributed by atoms with van der Waals surface area (Å²) in [5.41, 5.74) is 10.2. The lowest BCUT2D eigenvalue weighted by Gasteiger charge is -2.39. The topological polar surface area (TPSA) is 67.6 Å². The van der Waals surface area contributed by atoms with E-state index < -0.39 is 5.41 Å². The Morgan fingerprint density at radius 1 is 0.725 bits per heavy atom. The maximum Gasteiger partial charge on any atom is 0.165 e. The summed E-state index contributed by atoms with van der Waals surface area (Å²) in [5, 5.41) is 5.50. The van der Waals surface area contributed by atoms with Crippen molar-refractivity contribution in [2.24, 2.45) is 4.99 Å². The van der Waals surface area contributed by atoms with Gasteiger partial charge in [0, 0.05) is 23.7 Å². The van der Waals surface area contributed by atoms with Crippen molar-refractivity contribution in [3.63, 3.8) is 0 Å². The molecule has 250 valence electrons. The standard InChI is InChI=1S/C39H29NO2.C6H7N.CH3N/c1-4-12-27(13-5-1)25-40-26-28-20-22-34-36(24-28)42-38-35(41-34)23-21-33-37(38)31-18-10-11-19-32(31)39(33,29-14-6-2-7-15-29)30-16-8-3-9-17-30;1-6-4-2-3-5-7-6;1-2/h1-24,26,35,38H,25H2;2-5H,1H3;2H,1H2. The molecule has 0 saturated heterocycles. The molecule has 3 aliphatic rings. The van der Waals surface area contributed by atoms with Crippen LogP contribution in [0, 0.1) is 12.3 Å². The van der Waals surface area contributed by atoms with E-state index in [-0.39, 0.29) is 12.2 Å². The normalized spacial score (nSPS) is 17.2. The summed E-state index contributed by atoms with van der Waals surface area (Å²) in [4.78, 5) is 8.65. The fraction of sp³-hybridized carbons (Fsp3) is 0.109. The molecule has 5 aromatic carbocycles. The van der Waals surface area contributed by atoms with E-state index in [0.717, 1.165) is 22.8 Å². The van der Waals surface area contributed by atoms with Gasteiger partial charge in [-0.2, -0.15) is 0 Å². The Morgan fingerprint density at radius 3 is 2.02 bits per heavy atom. The van der Waals surface area contributed by atoms with Crippen LogP contribution in [0.1, 0.15) is 39.1 Å². The average Bonchev–Trinajstić information content (AvgIpc) is 3.51. The van der Waals surface area contributed by atoms with Gasteiger partial charge in [0.2, 0.25) is 0 Å². The maximum absolute atomic E-state index is 6.88. The second-order valence-corrected chi connectivity index (χ2v) is 12.5. The molecular formula is C46H39N3O2. The highest BCUT2D eigenvalue weighted by Gasteiger charge is 2.52. The van der Waals surface area contributed by atoms with Gasteiger partial charge in [-0.25, -0.2) is 0 Å². The molecule has 2 heterocycles. The molecule has 0 saturated carbocycles. The number of pyridine rings is 1. The number of benzene rings is 5. The van der Waals surface area contributed by atoms with E-state index in [1.165, 1.54) is 39.0 Å². The molecule has 5 heteroatoms. The molecule has 0 amide bonds. The van der Waals surface area contributed by atoms with E-state index in [2.05, 4.69) is 126 Å². The highest BCUT2D eigenvalue weighted by atomic mass is 16.6. The van der Waals surface area contributed by atoms with Crippen LogP contribution in [-0.4, -0.2) is 30.1 Å². The number of rotatable bonds is 5. The van der Waals surface area contributed by atoms with Crippen molar-refractivity contribution in [3.8, 4) is 11.5 Å². The quantitative estimate of drug-likeness (QED) is 0.187. The van der Waals surface area contributed by atoms with E-state index in [0.29, 0.717) is 6.54 Å². The van der Waals surface area contributed by atoms with Crippen molar-refractivity contribution in [2.75, 3.05) is 0 Å². The Hall–Kier alpha value is -6.33. The molecule has 51 heavy (non-hydrogen) atoms. The van der Waals surface area contributed by atoms with Crippen LogP contribution in [0.4, 0.5) is 0 Å². The zero-order valence-corrected chi connectivity index (χ0v) is 28.5. The van der Waals surface area contributed by atoms with Crippen LogP contribution in [0.15, 0.2) is 181 Å². The van der Waals surface area contributed by atoms with E-state index in [1.54, 1.807) is 6.20 Å². The van der Waals surface area contributed by atoms with Crippen molar-refractivity contribution >= 4 is 18.5 Å². The van der Waals surface area contributed by atoms with Crippen molar-refractivity contribution in [1.29, 1.82) is 5.41 Å². The van der Waals surface area contributed by atoms with Gasteiger partial charge in [0.25, 0.3) is 0 Å². The number of aliphatic imine (C=N–C) groups is 1. The van der Waals surface area contributed by atoms with Gasteiger partial charge < -0.3 is 14.9 Å². The Labute approximate surface area is 299 Å². The van der Waals surface area contributed by atoms with Crippen LogP contribution < -0.4 is 9.47 Å². The minimum absolute atomic E-state index is 0.218. The number of nitrogens with zero attached hydrogens (tertiary/aromatic N) is 2. The third kappa shape index (κ3) is 6.42. The minimum Gasteiger partial charge on any atom is -0.478 e. The number of hydrogen-bond acceptors (Lipinski definition) is 5. The van der Waals surface area contributed by atoms with Crippen molar-refractivity contribution in [3.05, 3.63) is 215 Å². The zero-order valence-electron chi connectivity index (χ0n) is 28.5. The fourth-order valence-electron chi connectivity index (χ4n) is 7.27. The predicted octanol–water partition coefficient (Wildman–Crippen LogP) is 9.84. The number of fused-ring (bicyclic) bond motifs is 5. The summed E-state index contributed by atoms with van der Waals surface area (Å²) in [5.74, 6) is 1.50. The first-order valence-corrected chi connectivity index (χ1v) is 17.1. The van der Waals surface area contributed by atoms with Gasteiger partial charge in [0.1, 0.15) is 0 Å². The molecule has 1 aliphatic heterocycles. The predicted molar refractivity (Wildman–Crippen MR) is 207 cm³/mol. The number of allylic oxidation sites excluding steroid dienone is 2. The molecule has 0 bridgehead atoms. The Bertz CT molecular complexity index is 2140. The molecule has 5 nitrogen and oxygen atoms in total. The first-order chi connectivity index (χ1) is 25.2. The van der Waals surface area contributed by atoms with Crippen molar-refractivity contribution < 1.29 is 9.47 Å². The summed E-state index contributed by atoms with van der Waals surface area (Å²) >= 11 is 0. The molecule has 2 unspecified atom stereocenters. The molecule has 2 atom stereocenters. The summed E-state index contributed by atoms with van der Waals surface area (Å²) in [7, 11) is 0. The average molecular weight is 666 g/mol. The lowest BCUT2D eigenvalue weighted by molar-refractivity contribution is 0.0811. The van der Waals surface area contributed by atoms with Gasteiger partial charge in [-0.15, -0.1) is 0 Å². The highest BCUT2D eigenvalue weighted by Crippen LogP contribution is 2.58. The first kappa shape index (κ1) is 33.2. The molecule has 6 aromatic rings. The maximum atomic E-state index is 6.88. The number of nitrogens with one attached hydrogen (secondary N) is 1. The van der Waals surface area contributed by atoms with E-state index >= 15 is 0 Å². The number of hydrogen-bond donors (Lipinski definition) is 1. The monoisotopic (exact) mass is 665 g/mol. The van der Waals surface area contributed by atoms with E-state index in [4.69, 9.17) is 14.9 Å². The molecule has 0 radical (unpaired) electrons. The van der Waals surface area contributed by atoms with Gasteiger partial charge in [0.15, 0.2) is 23.7 Å². The molecule has 9 rings (SSSR count). The summed E-state index contributed by atoms with van der Waals surface area (Å²) in [6.45, 7) is 5.11. The third-order valence-electron chi connectivity index (χ3n) is 9.42. The van der Waals surface area contributed by atoms with Crippen LogP contribution >= 0.6 is 0 Å². The van der Waals surface area contributed by atoms with Crippen LogP contribution in [-0.2, 0) is 12.0 Å². The SMILES string of the molecule is C1=CC2Oc3ccc(C=NCc4ccccc4)cc3OC2C2=C1C(c1ccccc1)(c1ccccc1)c1ccccc12.C=N.Cc1ccccn1. The van der Waals surface area contributed by atoms with Gasteiger partial charge >= 0.3 is 0 Å². The zero-order chi connectivity index (χ0) is 35.0. The Morgan fingerprint density at radius 2 is 1.37 bits per heavy atom. The molecule has 1 aromatic heterocycles. The van der Waals surface area contributed by atoms with Gasteiger partial charge in [0.05, 0.1) is 12.0 Å². The lowest BCUT2D eigenvalue weighted by Crippen LogP contribution is -2.41. The van der Waals surface area contributed by atoms with Crippen LogP contribution in [0.3, 0.4) is 0 Å². The second kappa shape index (κ2) is 15.1. The van der Waals surface area contributed by atoms with Crippen LogP contribution in [0.5, 0.6) is 11.5 Å². The summed E-state index contributed by atoms with van der Waals surface area (Å²) < 4.78 is 13.5. The number of aromatic nitrogens is 1. The number of aryl methyl sites for hydroxylation is 1. The Balaban J connectivity index is 0.000000401. The van der Waals surface area contributed by atoms with Crippen LogP contribution in [0.25, 0.3) is 5.57 Å². The molecule has 0 spiro atoms. The van der Waals surface area contributed by atoms with Crippen molar-refractivity contribution in [2.45, 2.75) is 31.1 Å². The molecular weight excluding hydrogens is 627 g/mol. The van der Waals surface area contributed by atoms with Gasteiger partial charge in [-0.05, 0) is 89.0 Å². The van der Waals surface area contributed by atoms with E-state index in [9.17, 15) is 0 Å². The van der Waals surface area contributed by atoms with Crippen LogP contribution in [0.2, 0.25) is 0 Å². The number of ether oxygens (including phenoxy) is 2. The third-order valence-corrected chi connectivity index (χ3v) is 9.42. The van der Waals surface area contributed by atoms with Gasteiger partial charge in [-0.1, -0.05) is 127 Å².